The number of halogens is 1. The molecule has 3 fully saturated rings. The summed E-state index contributed by atoms with van der Waals surface area (Å²) in [5.74, 6) is 3.02. The highest BCUT2D eigenvalue weighted by Crippen LogP contribution is 2.62. The Morgan fingerprint density at radius 3 is 2.03 bits per heavy atom. The van der Waals surface area contributed by atoms with Gasteiger partial charge in [0.05, 0.1) is 104 Å². The number of rotatable bonds is 29. The predicted octanol–water partition coefficient (Wildman–Crippen LogP) is 4.54. The second kappa shape index (κ2) is 25.5. The van der Waals surface area contributed by atoms with Gasteiger partial charge >= 0.3 is 7.60 Å². The maximum absolute atomic E-state index is 14.9. The first-order chi connectivity index (χ1) is 33.1. The van der Waals surface area contributed by atoms with Crippen molar-refractivity contribution < 1.29 is 66.8 Å². The summed E-state index contributed by atoms with van der Waals surface area (Å²) in [6, 6.07) is 18.1. The minimum atomic E-state index is -4.42. The Morgan fingerprint density at radius 2 is 1.46 bits per heavy atom. The Labute approximate surface area is 401 Å². The molecule has 2 saturated heterocycles. The van der Waals surface area contributed by atoms with Crippen LogP contribution in [0.3, 0.4) is 0 Å². The Kier molecular flexibility index (Phi) is 19.5. The topological polar surface area (TPSA) is 217 Å². The van der Waals surface area contributed by atoms with Crippen molar-refractivity contribution in [3.05, 3.63) is 83.3 Å². The van der Waals surface area contributed by atoms with Gasteiger partial charge in [-0.1, -0.05) is 66.6 Å². The molecule has 1 aliphatic carbocycles. The van der Waals surface area contributed by atoms with Gasteiger partial charge in [0.15, 0.2) is 11.9 Å². The monoisotopic (exact) mass is 987 g/mol. The third kappa shape index (κ3) is 13.2. The molecule has 3 N–H and O–H groups in total. The van der Waals surface area contributed by atoms with Crippen LogP contribution in [-0.4, -0.2) is 164 Å². The molecule has 0 radical (unpaired) electrons. The van der Waals surface area contributed by atoms with Gasteiger partial charge in [-0.15, -0.1) is 6.42 Å². The van der Waals surface area contributed by atoms with Crippen molar-refractivity contribution in [3.8, 4) is 12.3 Å². The lowest BCUT2D eigenvalue weighted by molar-refractivity contribution is -0.128. The molecule has 0 bridgehead atoms. The molecule has 372 valence electrons. The molecule has 68 heavy (non-hydrogen) atoms. The van der Waals surface area contributed by atoms with Crippen molar-refractivity contribution in [2.24, 2.45) is 5.41 Å². The maximum Gasteiger partial charge on any atom is 0.367 e. The lowest BCUT2D eigenvalue weighted by atomic mass is 9.68. The third-order valence-electron chi connectivity index (χ3n) is 12.3. The van der Waals surface area contributed by atoms with E-state index in [2.05, 4.69) is 25.9 Å². The number of nitrogens with zero attached hydrogens (tertiary/aromatic N) is 5. The summed E-state index contributed by atoms with van der Waals surface area (Å²) in [6.45, 7) is 3.72. The number of aliphatic hydroxyl groups excluding tert-OH is 3. The summed E-state index contributed by atoms with van der Waals surface area (Å²) in [4.78, 5) is 11.2. The molecular formula is C47H63ClN5O14P. The molecule has 0 amide bonds. The number of hydrogen-bond acceptors (Lipinski definition) is 18. The highest BCUT2D eigenvalue weighted by atomic mass is 35.5. The quantitative estimate of drug-likeness (QED) is 0.0295. The van der Waals surface area contributed by atoms with Gasteiger partial charge in [-0.05, 0) is 48.4 Å². The summed E-state index contributed by atoms with van der Waals surface area (Å²) in [7, 11) is -3.06. The van der Waals surface area contributed by atoms with Crippen LogP contribution in [0, 0.1) is 17.8 Å². The van der Waals surface area contributed by atoms with E-state index in [1.54, 1.807) is 30.5 Å². The third-order valence-corrected chi connectivity index (χ3v) is 14.8. The molecule has 4 aromatic rings. The second-order valence-corrected chi connectivity index (χ2v) is 19.7. The van der Waals surface area contributed by atoms with Crippen LogP contribution in [0.1, 0.15) is 43.0 Å². The fourth-order valence-corrected chi connectivity index (χ4v) is 10.7. The molecule has 1 spiro atoms. The Balaban J connectivity index is 0.909. The van der Waals surface area contributed by atoms with Gasteiger partial charge < -0.3 is 67.2 Å². The van der Waals surface area contributed by atoms with Crippen molar-refractivity contribution >= 4 is 36.0 Å². The van der Waals surface area contributed by atoms with Gasteiger partial charge in [0.2, 0.25) is 10.6 Å². The molecule has 1 saturated carbocycles. The molecule has 19 nitrogen and oxygen atoms in total. The van der Waals surface area contributed by atoms with E-state index in [4.69, 9.17) is 65.0 Å². The molecular weight excluding hydrogens is 925 g/mol. The van der Waals surface area contributed by atoms with Gasteiger partial charge in [-0.3, -0.25) is 4.57 Å². The van der Waals surface area contributed by atoms with Crippen LogP contribution < -0.4 is 4.90 Å². The van der Waals surface area contributed by atoms with E-state index in [1.165, 1.54) is 11.8 Å². The van der Waals surface area contributed by atoms with Crippen LogP contribution in [0.25, 0.3) is 11.0 Å². The van der Waals surface area contributed by atoms with Crippen molar-refractivity contribution in [3.63, 3.8) is 0 Å². The van der Waals surface area contributed by atoms with Crippen LogP contribution in [-0.2, 0) is 64.7 Å². The molecule has 2 aromatic heterocycles. The molecule has 5 atom stereocenters. The fraction of sp³-hybridized carbons (Fsp3) is 0.596. The molecule has 1 unspecified atom stereocenters. The smallest absolute Gasteiger partial charge is 0.367 e. The highest BCUT2D eigenvalue weighted by molar-refractivity contribution is 7.55. The fourth-order valence-electron chi connectivity index (χ4n) is 8.63. The van der Waals surface area contributed by atoms with Crippen LogP contribution in [0.4, 0.5) is 5.82 Å². The van der Waals surface area contributed by atoms with Gasteiger partial charge in [0.25, 0.3) is 0 Å². The summed E-state index contributed by atoms with van der Waals surface area (Å²) < 4.78 is 74.2. The van der Waals surface area contributed by atoms with Gasteiger partial charge in [-0.25, -0.2) is 4.68 Å². The number of terminal acetylenes is 1. The van der Waals surface area contributed by atoms with E-state index in [0.717, 1.165) is 38.8 Å². The number of fused-ring (bicyclic) bond motifs is 1. The van der Waals surface area contributed by atoms with Crippen molar-refractivity contribution in [1.29, 1.82) is 0 Å². The number of methoxy groups -OCH3 is 1. The predicted molar refractivity (Wildman–Crippen MR) is 249 cm³/mol. The lowest BCUT2D eigenvalue weighted by Crippen LogP contribution is -2.58. The Morgan fingerprint density at radius 1 is 0.868 bits per heavy atom. The number of hydrogen-bond donors (Lipinski definition) is 3. The van der Waals surface area contributed by atoms with Crippen LogP contribution in [0.5, 0.6) is 0 Å². The van der Waals surface area contributed by atoms with Crippen LogP contribution in [0.2, 0.25) is 5.28 Å². The van der Waals surface area contributed by atoms with E-state index in [9.17, 15) is 19.9 Å². The Bertz CT molecular complexity index is 2180. The number of aliphatic hydroxyl groups is 3. The SMILES string of the molecule is C#CCOCCOCCOCCOCCOC1CCC2(CC1)CN(c1nc(Cl)nc3c1cnn3[C@@H]1O[C@H](COC(CO)(COC)P(=O)(OCc3ccccc3)OCc3ccccc3)[C@@H](O)[C@H]1O)C2. The minimum Gasteiger partial charge on any atom is -0.393 e. The number of aromatic nitrogens is 4. The highest BCUT2D eigenvalue weighted by Gasteiger charge is 2.55. The first kappa shape index (κ1) is 52.2. The van der Waals surface area contributed by atoms with E-state index in [0.29, 0.717) is 80.8 Å². The lowest BCUT2D eigenvalue weighted by Gasteiger charge is -2.54. The standard InChI is InChI=1S/C47H63ClN5O14P/c1-3-18-59-19-20-60-21-22-61-23-24-62-25-26-63-37-14-16-46(17-15-37)31-52(32-46)42-38-27-49-53(43(38)51-45(48)50-42)44-41(56)40(55)39(67-44)30-64-47(33-54,34-58-2)68(57,65-28-35-10-6-4-7-11-35)66-29-36-12-8-5-9-13-36/h1,4-13,27,37,39-41,44,54-56H,14-26,28-34H2,2H3/t39-,40-,41-,44-,47?/m1/s1. The van der Waals surface area contributed by atoms with E-state index in [1.807, 2.05) is 36.4 Å². The number of anilines is 1. The maximum atomic E-state index is 14.9. The molecule has 4 heterocycles. The first-order valence-electron chi connectivity index (χ1n) is 22.9. The summed E-state index contributed by atoms with van der Waals surface area (Å²) in [5.41, 5.74) is 1.83. The number of benzene rings is 2. The average Bonchev–Trinajstić information content (AvgIpc) is 3.89. The molecule has 7 rings (SSSR count). The van der Waals surface area contributed by atoms with Crippen LogP contribution >= 0.6 is 19.2 Å². The van der Waals surface area contributed by atoms with E-state index >= 15 is 0 Å². The molecule has 21 heteroatoms. The molecule has 3 aliphatic rings. The van der Waals surface area contributed by atoms with Gasteiger partial charge in [0.1, 0.15) is 30.7 Å². The molecule has 2 aromatic carbocycles. The Hall–Kier alpha value is -3.65. The molecule has 2 aliphatic heterocycles. The van der Waals surface area contributed by atoms with Crippen molar-refractivity contribution in [2.75, 3.05) is 104 Å². The van der Waals surface area contributed by atoms with Gasteiger partial charge in [-0.2, -0.15) is 15.1 Å². The largest absolute Gasteiger partial charge is 0.393 e. The summed E-state index contributed by atoms with van der Waals surface area (Å²) in [6.07, 6.45) is 5.36. The van der Waals surface area contributed by atoms with E-state index < -0.39 is 57.3 Å². The average molecular weight is 988 g/mol. The second-order valence-electron chi connectivity index (χ2n) is 17.1. The minimum absolute atomic E-state index is 0.0181. The van der Waals surface area contributed by atoms with Crippen LogP contribution in [0.15, 0.2) is 66.9 Å². The summed E-state index contributed by atoms with van der Waals surface area (Å²) >= 11 is 6.53. The summed E-state index contributed by atoms with van der Waals surface area (Å²) in [5, 5.41) is 36.7. The van der Waals surface area contributed by atoms with Crippen molar-refractivity contribution in [2.45, 2.75) is 74.9 Å². The zero-order chi connectivity index (χ0) is 47.8. The van der Waals surface area contributed by atoms with Crippen molar-refractivity contribution in [1.82, 2.24) is 19.7 Å². The number of ether oxygens (including phenoxy) is 8. The zero-order valence-corrected chi connectivity index (χ0v) is 40.0. The van der Waals surface area contributed by atoms with Gasteiger partial charge in [0, 0.05) is 25.6 Å². The first-order valence-corrected chi connectivity index (χ1v) is 24.8. The normalized spacial score (nSPS) is 21.6. The van der Waals surface area contributed by atoms with E-state index in [-0.39, 0.29) is 36.6 Å². The zero-order valence-electron chi connectivity index (χ0n) is 38.4.